The maximum absolute atomic E-state index is 14.3. The summed E-state index contributed by atoms with van der Waals surface area (Å²) < 4.78 is 14.3. The average Bonchev–Trinajstić information content (AvgIpc) is 3.17. The van der Waals surface area contributed by atoms with E-state index in [9.17, 15) is 4.39 Å². The summed E-state index contributed by atoms with van der Waals surface area (Å²) in [5.74, 6) is 1.07. The first kappa shape index (κ1) is 20.8. The first-order valence-electron chi connectivity index (χ1n) is 10.4. The first-order chi connectivity index (χ1) is 14.6. The van der Waals surface area contributed by atoms with Gasteiger partial charge in [-0.25, -0.2) is 9.37 Å². The maximum atomic E-state index is 14.3. The molecule has 0 saturated heterocycles. The second-order valence-electron chi connectivity index (χ2n) is 8.28. The molecule has 4 rings (SSSR count). The molecule has 158 valence electrons. The zero-order valence-corrected chi connectivity index (χ0v) is 18.2. The molecule has 3 aromatic heterocycles. The van der Waals surface area contributed by atoms with Gasteiger partial charge in [-0.1, -0.05) is 20.3 Å². The molecule has 1 aliphatic carbocycles. The Bertz CT molecular complexity index is 968. The van der Waals surface area contributed by atoms with Crippen LogP contribution in [-0.2, 0) is 12.0 Å². The largest absolute Gasteiger partial charge is 0.368 e. The Labute approximate surface area is 180 Å². The molecule has 3 heterocycles. The van der Waals surface area contributed by atoms with Crippen molar-refractivity contribution in [3.05, 3.63) is 53.0 Å². The van der Waals surface area contributed by atoms with Crippen LogP contribution in [0.15, 0.2) is 36.7 Å². The molecule has 0 spiro atoms. The predicted octanol–water partition coefficient (Wildman–Crippen LogP) is 4.41. The van der Waals surface area contributed by atoms with Gasteiger partial charge in [0, 0.05) is 35.8 Å². The highest BCUT2D eigenvalue weighted by molar-refractivity contribution is 7.14. The van der Waals surface area contributed by atoms with Gasteiger partial charge in [-0.05, 0) is 49.6 Å². The van der Waals surface area contributed by atoms with Gasteiger partial charge in [0.2, 0.25) is 0 Å². The van der Waals surface area contributed by atoms with Crippen LogP contribution in [0.4, 0.5) is 10.2 Å². The second-order valence-corrected chi connectivity index (χ2v) is 9.40. The Morgan fingerprint density at radius 2 is 2.03 bits per heavy atom. The fraction of sp³-hybridized carbons (Fsp3) is 0.455. The Morgan fingerprint density at radius 3 is 2.70 bits per heavy atom. The number of nitrogens with zero attached hydrogens (tertiary/aromatic N) is 4. The number of pyridine rings is 1. The third-order valence-corrected chi connectivity index (χ3v) is 6.49. The van der Waals surface area contributed by atoms with Crippen LogP contribution in [0, 0.1) is 11.7 Å². The monoisotopic (exact) mass is 426 g/mol. The van der Waals surface area contributed by atoms with Crippen molar-refractivity contribution in [2.24, 2.45) is 5.92 Å². The van der Waals surface area contributed by atoms with Crippen LogP contribution in [0.5, 0.6) is 0 Å². The van der Waals surface area contributed by atoms with Gasteiger partial charge in [0.1, 0.15) is 22.3 Å². The summed E-state index contributed by atoms with van der Waals surface area (Å²) in [6.07, 6.45) is 6.48. The normalized spacial score (nSPS) is 15.2. The molecule has 0 unspecified atom stereocenters. The summed E-state index contributed by atoms with van der Waals surface area (Å²) in [5, 5.41) is 16.3. The predicted molar refractivity (Wildman–Crippen MR) is 118 cm³/mol. The van der Waals surface area contributed by atoms with Gasteiger partial charge in [0.25, 0.3) is 0 Å². The van der Waals surface area contributed by atoms with Crippen molar-refractivity contribution < 1.29 is 4.39 Å². The summed E-state index contributed by atoms with van der Waals surface area (Å²) in [7, 11) is 0. The van der Waals surface area contributed by atoms with Gasteiger partial charge >= 0.3 is 0 Å². The number of anilines is 1. The van der Waals surface area contributed by atoms with Crippen molar-refractivity contribution in [3.63, 3.8) is 0 Å². The first-order valence-corrected chi connectivity index (χ1v) is 11.2. The van der Waals surface area contributed by atoms with Gasteiger partial charge in [0.15, 0.2) is 0 Å². The summed E-state index contributed by atoms with van der Waals surface area (Å²) in [5.41, 5.74) is 1.04. The Kier molecular flexibility index (Phi) is 6.34. The average molecular weight is 427 g/mol. The van der Waals surface area contributed by atoms with E-state index in [0.717, 1.165) is 43.1 Å². The second kappa shape index (κ2) is 9.14. The van der Waals surface area contributed by atoms with E-state index >= 15 is 0 Å². The lowest BCUT2D eigenvalue weighted by molar-refractivity contribution is 0.243. The quantitative estimate of drug-likeness (QED) is 0.528. The summed E-state index contributed by atoms with van der Waals surface area (Å²) in [4.78, 5) is 9.96. The SMILES string of the molecule is CC(C)CNCc1cnc(-c2ccc(NCC3(c4ncccc4F)CCC3)nn2)s1. The van der Waals surface area contributed by atoms with E-state index in [1.807, 2.05) is 18.3 Å². The molecule has 8 heteroatoms. The highest BCUT2D eigenvalue weighted by Crippen LogP contribution is 2.43. The molecule has 6 nitrogen and oxygen atoms in total. The molecule has 0 bridgehead atoms. The van der Waals surface area contributed by atoms with Gasteiger partial charge in [-0.3, -0.25) is 4.98 Å². The van der Waals surface area contributed by atoms with Gasteiger partial charge in [0.05, 0.1) is 5.69 Å². The van der Waals surface area contributed by atoms with E-state index in [-0.39, 0.29) is 11.2 Å². The van der Waals surface area contributed by atoms with Crippen molar-refractivity contribution in [3.8, 4) is 10.7 Å². The number of nitrogens with one attached hydrogen (secondary N) is 2. The number of rotatable bonds is 9. The third-order valence-electron chi connectivity index (χ3n) is 5.47. The van der Waals surface area contributed by atoms with E-state index in [1.54, 1.807) is 23.6 Å². The molecule has 1 fully saturated rings. The van der Waals surface area contributed by atoms with Gasteiger partial charge in [-0.2, -0.15) is 0 Å². The summed E-state index contributed by atoms with van der Waals surface area (Å²) >= 11 is 1.63. The van der Waals surface area contributed by atoms with E-state index < -0.39 is 0 Å². The number of hydrogen-bond acceptors (Lipinski definition) is 7. The fourth-order valence-corrected chi connectivity index (χ4v) is 4.52. The highest BCUT2D eigenvalue weighted by atomic mass is 32.1. The molecule has 2 N–H and O–H groups in total. The standard InChI is InChI=1S/C22H27FN6S/c1-15(2)11-24-12-16-13-26-21(30-16)18-6-7-19(29-28-18)27-14-22(8-4-9-22)20-17(23)5-3-10-25-20/h3,5-7,10,13,15,24H,4,8-9,11-12,14H2,1-2H3,(H,27,29). The number of halogens is 1. The van der Waals surface area contributed by atoms with Crippen LogP contribution in [0.3, 0.4) is 0 Å². The summed E-state index contributed by atoms with van der Waals surface area (Å²) in [6, 6.07) is 6.95. The molecular weight excluding hydrogens is 399 g/mol. The molecule has 0 radical (unpaired) electrons. The fourth-order valence-electron chi connectivity index (χ4n) is 3.67. The number of aromatic nitrogens is 4. The molecular formula is C22H27FN6S. The van der Waals surface area contributed by atoms with Crippen LogP contribution in [-0.4, -0.2) is 33.3 Å². The van der Waals surface area contributed by atoms with Crippen molar-refractivity contribution in [2.45, 2.75) is 45.1 Å². The Balaban J connectivity index is 1.37. The number of thiazole rings is 1. The topological polar surface area (TPSA) is 75.6 Å². The van der Waals surface area contributed by atoms with E-state index in [4.69, 9.17) is 0 Å². The van der Waals surface area contributed by atoms with Crippen molar-refractivity contribution in [1.29, 1.82) is 0 Å². The molecule has 1 aliphatic rings. The van der Waals surface area contributed by atoms with Crippen LogP contribution in [0.2, 0.25) is 0 Å². The summed E-state index contributed by atoms with van der Waals surface area (Å²) in [6.45, 7) is 6.77. The van der Waals surface area contributed by atoms with Crippen LogP contribution in [0.1, 0.15) is 43.7 Å². The van der Waals surface area contributed by atoms with Crippen molar-refractivity contribution >= 4 is 17.2 Å². The van der Waals surface area contributed by atoms with Crippen LogP contribution < -0.4 is 10.6 Å². The minimum absolute atomic E-state index is 0.233. The minimum atomic E-state index is -0.265. The van der Waals surface area contributed by atoms with Crippen LogP contribution in [0.25, 0.3) is 10.7 Å². The van der Waals surface area contributed by atoms with Crippen molar-refractivity contribution in [2.75, 3.05) is 18.4 Å². The van der Waals surface area contributed by atoms with E-state index in [2.05, 4.69) is 44.6 Å². The molecule has 1 saturated carbocycles. The lowest BCUT2D eigenvalue weighted by Gasteiger charge is -2.41. The minimum Gasteiger partial charge on any atom is -0.368 e. The van der Waals surface area contributed by atoms with E-state index in [0.29, 0.717) is 24.0 Å². The molecule has 30 heavy (non-hydrogen) atoms. The van der Waals surface area contributed by atoms with Gasteiger partial charge < -0.3 is 10.6 Å². The van der Waals surface area contributed by atoms with Crippen molar-refractivity contribution in [1.82, 2.24) is 25.5 Å². The van der Waals surface area contributed by atoms with Gasteiger partial charge in [-0.15, -0.1) is 21.5 Å². The lowest BCUT2D eigenvalue weighted by Crippen LogP contribution is -2.42. The van der Waals surface area contributed by atoms with Crippen LogP contribution >= 0.6 is 11.3 Å². The Morgan fingerprint density at radius 1 is 1.17 bits per heavy atom. The number of hydrogen-bond donors (Lipinski definition) is 2. The molecule has 0 atom stereocenters. The molecule has 0 aliphatic heterocycles. The maximum Gasteiger partial charge on any atom is 0.148 e. The smallest absolute Gasteiger partial charge is 0.148 e. The Hall–Kier alpha value is -2.45. The molecule has 0 aromatic carbocycles. The molecule has 0 amide bonds. The molecule has 3 aromatic rings. The third kappa shape index (κ3) is 4.65. The zero-order chi connectivity index (χ0) is 21.0. The highest BCUT2D eigenvalue weighted by Gasteiger charge is 2.41. The van der Waals surface area contributed by atoms with E-state index in [1.165, 1.54) is 10.9 Å². The zero-order valence-electron chi connectivity index (χ0n) is 17.4. The lowest BCUT2D eigenvalue weighted by atomic mass is 9.66.